The largest absolute Gasteiger partial charge is 0.494 e. The molecule has 3 aromatic rings. The third-order valence-electron chi connectivity index (χ3n) is 6.12. The number of amides is 1. The number of benzene rings is 3. The fourth-order valence-corrected chi connectivity index (χ4v) is 4.36. The van der Waals surface area contributed by atoms with Crippen molar-refractivity contribution in [3.63, 3.8) is 0 Å². The highest BCUT2D eigenvalue weighted by molar-refractivity contribution is 6.42. The molecule has 3 N–H and O–H groups in total. The van der Waals surface area contributed by atoms with Gasteiger partial charge in [-0.25, -0.2) is 10.4 Å². The van der Waals surface area contributed by atoms with Gasteiger partial charge in [0.05, 0.1) is 16.7 Å². The molecule has 0 fully saturated rings. The first-order chi connectivity index (χ1) is 17.9. The molecule has 1 heterocycles. The lowest BCUT2D eigenvalue weighted by molar-refractivity contribution is -0.129. The second-order valence-corrected chi connectivity index (χ2v) is 9.58. The number of nitrogens with one attached hydrogen (secondary N) is 2. The first-order valence-corrected chi connectivity index (χ1v) is 12.8. The molecule has 194 valence electrons. The lowest BCUT2D eigenvalue weighted by atomic mass is 9.86. The van der Waals surface area contributed by atoms with Gasteiger partial charge in [-0.15, -0.1) is 0 Å². The Morgan fingerprint density at radius 2 is 1.81 bits per heavy atom. The SMILES string of the molecule is C[C@@H]1OC(c2ccc(OCCCO)cc2)=N[C@]1(Cc1ccccc1)C(=O)NNCc1ccc(Cl)c(Cl)c1. The van der Waals surface area contributed by atoms with Crippen molar-refractivity contribution in [3.05, 3.63) is 99.5 Å². The van der Waals surface area contributed by atoms with Gasteiger partial charge in [0.25, 0.3) is 5.91 Å². The maximum Gasteiger partial charge on any atom is 0.266 e. The standard InChI is InChI=1S/C28H29Cl2N3O4/c1-19-28(17-20-6-3-2-4-7-20,27(35)33-31-18-21-8-13-24(29)25(30)16-21)32-26(37-19)22-9-11-23(12-10-22)36-15-5-14-34/h2-4,6-13,16,19,31,34H,5,14-15,17-18H2,1H3,(H,33,35)/t19-,28-/m0/s1. The van der Waals surface area contributed by atoms with Crippen molar-refractivity contribution in [3.8, 4) is 5.75 Å². The summed E-state index contributed by atoms with van der Waals surface area (Å²) in [5, 5.41) is 9.85. The van der Waals surface area contributed by atoms with Crippen molar-refractivity contribution in [1.82, 2.24) is 10.9 Å². The van der Waals surface area contributed by atoms with Gasteiger partial charge >= 0.3 is 0 Å². The van der Waals surface area contributed by atoms with Crippen molar-refractivity contribution in [2.75, 3.05) is 13.2 Å². The third kappa shape index (κ3) is 6.62. The summed E-state index contributed by atoms with van der Waals surface area (Å²) in [4.78, 5) is 18.5. The van der Waals surface area contributed by atoms with E-state index in [0.717, 1.165) is 16.7 Å². The highest BCUT2D eigenvalue weighted by Crippen LogP contribution is 2.33. The third-order valence-corrected chi connectivity index (χ3v) is 6.86. The lowest BCUT2D eigenvalue weighted by Crippen LogP contribution is -2.55. The number of ether oxygens (including phenoxy) is 2. The maximum atomic E-state index is 13.6. The number of aliphatic hydroxyl groups excluding tert-OH is 1. The van der Waals surface area contributed by atoms with Gasteiger partial charge in [0.1, 0.15) is 11.9 Å². The van der Waals surface area contributed by atoms with Crippen LogP contribution in [0.1, 0.15) is 30.0 Å². The monoisotopic (exact) mass is 541 g/mol. The van der Waals surface area contributed by atoms with Gasteiger partial charge in [-0.05, 0) is 54.4 Å². The van der Waals surface area contributed by atoms with Crippen LogP contribution in [0.5, 0.6) is 5.75 Å². The number of carbonyl (C=O) groups is 1. The molecule has 37 heavy (non-hydrogen) atoms. The number of hydrogen-bond acceptors (Lipinski definition) is 6. The number of halogens is 2. The summed E-state index contributed by atoms with van der Waals surface area (Å²) in [5.41, 5.74) is 7.19. The Kier molecular flexibility index (Phi) is 9.05. The summed E-state index contributed by atoms with van der Waals surface area (Å²) in [5.74, 6) is 0.775. The van der Waals surface area contributed by atoms with Gasteiger partial charge in [0.15, 0.2) is 5.54 Å². The number of nitrogens with zero attached hydrogens (tertiary/aromatic N) is 1. The van der Waals surface area contributed by atoms with Crippen LogP contribution in [-0.4, -0.2) is 41.8 Å². The summed E-state index contributed by atoms with van der Waals surface area (Å²) in [6.45, 7) is 2.71. The molecule has 0 spiro atoms. The first-order valence-electron chi connectivity index (χ1n) is 12.0. The molecule has 1 aliphatic heterocycles. The van der Waals surface area contributed by atoms with Crippen LogP contribution < -0.4 is 15.6 Å². The summed E-state index contributed by atoms with van der Waals surface area (Å²) in [6, 6.07) is 22.4. The molecule has 0 bridgehead atoms. The van der Waals surface area contributed by atoms with E-state index in [-0.39, 0.29) is 12.5 Å². The van der Waals surface area contributed by atoms with Crippen LogP contribution in [0, 0.1) is 0 Å². The van der Waals surface area contributed by atoms with Gasteiger partial charge in [0.2, 0.25) is 5.90 Å². The zero-order valence-electron chi connectivity index (χ0n) is 20.4. The maximum absolute atomic E-state index is 13.6. The summed E-state index contributed by atoms with van der Waals surface area (Å²) in [7, 11) is 0. The molecule has 0 aromatic heterocycles. The van der Waals surface area contributed by atoms with Crippen LogP contribution in [0.4, 0.5) is 0 Å². The van der Waals surface area contributed by atoms with E-state index in [1.807, 2.05) is 67.6 Å². The van der Waals surface area contributed by atoms with E-state index in [1.54, 1.807) is 12.1 Å². The molecule has 7 nitrogen and oxygen atoms in total. The van der Waals surface area contributed by atoms with E-state index in [4.69, 9.17) is 42.8 Å². The van der Waals surface area contributed by atoms with E-state index in [9.17, 15) is 4.79 Å². The van der Waals surface area contributed by atoms with E-state index < -0.39 is 11.6 Å². The molecule has 0 radical (unpaired) electrons. The summed E-state index contributed by atoms with van der Waals surface area (Å²) >= 11 is 12.1. The predicted molar refractivity (Wildman–Crippen MR) is 145 cm³/mol. The normalized spacial score (nSPS) is 18.7. The molecule has 0 saturated heterocycles. The number of hydrazine groups is 1. The Labute approximate surface area is 226 Å². The van der Waals surface area contributed by atoms with Crippen molar-refractivity contribution >= 4 is 35.0 Å². The molecule has 3 aromatic carbocycles. The molecule has 0 saturated carbocycles. The molecule has 1 amide bonds. The predicted octanol–water partition coefficient (Wildman–Crippen LogP) is 4.72. The van der Waals surface area contributed by atoms with Gasteiger partial charge in [-0.1, -0.05) is 59.6 Å². The van der Waals surface area contributed by atoms with Crippen LogP contribution in [-0.2, 0) is 22.5 Å². The van der Waals surface area contributed by atoms with E-state index in [1.165, 1.54) is 0 Å². The number of hydrogen-bond donors (Lipinski definition) is 3. The van der Waals surface area contributed by atoms with Gasteiger partial charge in [0, 0.05) is 31.6 Å². The Morgan fingerprint density at radius 3 is 2.51 bits per heavy atom. The second-order valence-electron chi connectivity index (χ2n) is 8.77. The lowest BCUT2D eigenvalue weighted by Gasteiger charge is -2.28. The average Bonchev–Trinajstić information content (AvgIpc) is 3.24. The number of rotatable bonds is 11. The fraction of sp³-hybridized carbons (Fsp3) is 0.286. The van der Waals surface area contributed by atoms with Crippen LogP contribution in [0.2, 0.25) is 10.0 Å². The zero-order chi connectivity index (χ0) is 26.3. The molecule has 4 rings (SSSR count). The number of carbonyl (C=O) groups excluding carboxylic acids is 1. The topological polar surface area (TPSA) is 92.2 Å². The molecule has 9 heteroatoms. The first kappa shape index (κ1) is 26.9. The van der Waals surface area contributed by atoms with E-state index in [0.29, 0.717) is 47.7 Å². The van der Waals surface area contributed by atoms with Gasteiger partial charge in [-0.3, -0.25) is 10.2 Å². The van der Waals surface area contributed by atoms with Crippen LogP contribution >= 0.6 is 23.2 Å². The highest BCUT2D eigenvalue weighted by Gasteiger charge is 2.50. The molecule has 2 atom stereocenters. The van der Waals surface area contributed by atoms with Crippen molar-refractivity contribution in [2.45, 2.75) is 38.0 Å². The summed E-state index contributed by atoms with van der Waals surface area (Å²) < 4.78 is 11.8. The average molecular weight is 542 g/mol. The van der Waals surface area contributed by atoms with Crippen molar-refractivity contribution in [1.29, 1.82) is 0 Å². The van der Waals surface area contributed by atoms with Crippen LogP contribution in [0.15, 0.2) is 77.8 Å². The minimum atomic E-state index is -1.18. The summed E-state index contributed by atoms with van der Waals surface area (Å²) in [6.07, 6.45) is 0.405. The Hall–Kier alpha value is -3.10. The zero-order valence-corrected chi connectivity index (χ0v) is 21.9. The Morgan fingerprint density at radius 1 is 1.05 bits per heavy atom. The molecule has 0 aliphatic carbocycles. The van der Waals surface area contributed by atoms with Crippen LogP contribution in [0.3, 0.4) is 0 Å². The quantitative estimate of drug-likeness (QED) is 0.241. The van der Waals surface area contributed by atoms with E-state index >= 15 is 0 Å². The molecule has 0 unspecified atom stereocenters. The van der Waals surface area contributed by atoms with Crippen molar-refractivity contribution < 1.29 is 19.4 Å². The molecular weight excluding hydrogens is 513 g/mol. The Balaban J connectivity index is 1.53. The van der Waals surface area contributed by atoms with E-state index in [2.05, 4.69) is 10.9 Å². The minimum absolute atomic E-state index is 0.0779. The van der Waals surface area contributed by atoms with Crippen molar-refractivity contribution in [2.24, 2.45) is 4.99 Å². The number of aliphatic hydroxyl groups is 1. The van der Waals surface area contributed by atoms with Gasteiger partial charge in [-0.2, -0.15) is 0 Å². The number of aliphatic imine (C=N–C) groups is 1. The van der Waals surface area contributed by atoms with Crippen LogP contribution in [0.25, 0.3) is 0 Å². The second kappa shape index (κ2) is 12.4. The molecule has 1 aliphatic rings. The highest BCUT2D eigenvalue weighted by atomic mass is 35.5. The Bertz CT molecular complexity index is 1240. The fourth-order valence-electron chi connectivity index (χ4n) is 4.03. The molecular formula is C28H29Cl2N3O4. The smallest absolute Gasteiger partial charge is 0.266 e. The van der Waals surface area contributed by atoms with Gasteiger partial charge < -0.3 is 14.6 Å². The minimum Gasteiger partial charge on any atom is -0.494 e.